The van der Waals surface area contributed by atoms with Crippen LogP contribution in [0.25, 0.3) is 0 Å². The molecule has 140 valence electrons. The molecule has 1 aromatic carbocycles. The van der Waals surface area contributed by atoms with Crippen LogP contribution in [0, 0.1) is 0 Å². The van der Waals surface area contributed by atoms with Crippen molar-refractivity contribution >= 4 is 32.9 Å². The summed E-state index contributed by atoms with van der Waals surface area (Å²) in [5.41, 5.74) is 0.872. The first-order chi connectivity index (χ1) is 11.8. The molecule has 1 atom stereocenters. The first kappa shape index (κ1) is 19.9. The zero-order valence-corrected chi connectivity index (χ0v) is 16.8. The number of quaternary nitrogens is 1. The Hall–Kier alpha value is -1.38. The molecule has 0 aliphatic carbocycles. The average molecular weight is 387 g/mol. The minimum absolute atomic E-state index is 0.0490. The second kappa shape index (κ2) is 8.82. The molecule has 0 amide bonds. The molecule has 8 heteroatoms. The van der Waals surface area contributed by atoms with E-state index < -0.39 is 9.84 Å². The van der Waals surface area contributed by atoms with E-state index in [-0.39, 0.29) is 17.5 Å². The van der Waals surface area contributed by atoms with Gasteiger partial charge in [-0.2, -0.15) is 0 Å². The van der Waals surface area contributed by atoms with Gasteiger partial charge in [-0.05, 0) is 49.8 Å². The highest BCUT2D eigenvalue weighted by molar-refractivity contribution is 7.91. The SMILES string of the molecule is CCOc1ccc(NC(=S)N(CC[NH+](C)C)[C@@H]2CCS(=O)(=O)C2)cc1. The highest BCUT2D eigenvalue weighted by atomic mass is 32.2. The summed E-state index contributed by atoms with van der Waals surface area (Å²) in [6.45, 7) is 4.19. The molecule has 1 aliphatic rings. The summed E-state index contributed by atoms with van der Waals surface area (Å²) in [5, 5.41) is 3.81. The van der Waals surface area contributed by atoms with E-state index in [9.17, 15) is 8.42 Å². The standard InChI is InChI=1S/C17H27N3O3S2/c1-4-23-16-7-5-14(6-8-16)18-17(24)20(11-10-19(2)3)15-9-12-25(21,22)13-15/h5-8,15H,4,9-13H2,1-3H3,(H,18,24)/p+1/t15-/m1/s1. The van der Waals surface area contributed by atoms with Crippen molar-refractivity contribution in [3.63, 3.8) is 0 Å². The Labute approximate surface area is 156 Å². The van der Waals surface area contributed by atoms with Gasteiger partial charge in [-0.15, -0.1) is 0 Å². The number of nitrogens with zero attached hydrogens (tertiary/aromatic N) is 1. The molecule has 1 aliphatic heterocycles. The normalized spacial score (nSPS) is 19.0. The highest BCUT2D eigenvalue weighted by Crippen LogP contribution is 2.20. The molecular weight excluding hydrogens is 358 g/mol. The van der Waals surface area contributed by atoms with Gasteiger partial charge in [0.25, 0.3) is 0 Å². The minimum Gasteiger partial charge on any atom is -0.494 e. The fraction of sp³-hybridized carbons (Fsp3) is 0.588. The maximum Gasteiger partial charge on any atom is 0.173 e. The fourth-order valence-electron chi connectivity index (χ4n) is 2.81. The maximum absolute atomic E-state index is 11.9. The van der Waals surface area contributed by atoms with E-state index in [0.717, 1.165) is 24.5 Å². The van der Waals surface area contributed by atoms with Gasteiger partial charge in [-0.3, -0.25) is 0 Å². The third-order valence-electron chi connectivity index (χ3n) is 4.18. The highest BCUT2D eigenvalue weighted by Gasteiger charge is 2.33. The van der Waals surface area contributed by atoms with Gasteiger partial charge in [0.2, 0.25) is 0 Å². The van der Waals surface area contributed by atoms with Gasteiger partial charge in [0, 0.05) is 11.7 Å². The number of nitrogens with one attached hydrogen (secondary N) is 2. The van der Waals surface area contributed by atoms with Gasteiger partial charge in [0.1, 0.15) is 5.75 Å². The van der Waals surface area contributed by atoms with Crippen LogP contribution in [-0.4, -0.2) is 69.8 Å². The number of rotatable bonds is 7. The molecule has 0 bridgehead atoms. The first-order valence-corrected chi connectivity index (χ1v) is 10.8. The Morgan fingerprint density at radius 2 is 2.04 bits per heavy atom. The molecule has 0 saturated carbocycles. The van der Waals surface area contributed by atoms with E-state index in [1.165, 1.54) is 4.90 Å². The van der Waals surface area contributed by atoms with Crippen LogP contribution in [0.15, 0.2) is 24.3 Å². The predicted octanol–water partition coefficient (Wildman–Crippen LogP) is 0.416. The van der Waals surface area contributed by atoms with Crippen LogP contribution >= 0.6 is 12.2 Å². The average Bonchev–Trinajstić information content (AvgIpc) is 2.89. The van der Waals surface area contributed by atoms with Crippen molar-refractivity contribution in [3.8, 4) is 5.75 Å². The number of ether oxygens (including phenoxy) is 1. The quantitative estimate of drug-likeness (QED) is 0.662. The van der Waals surface area contributed by atoms with Crippen molar-refractivity contribution in [2.75, 3.05) is 50.6 Å². The summed E-state index contributed by atoms with van der Waals surface area (Å²) in [6, 6.07) is 7.56. The Bertz CT molecular complexity index is 675. The number of benzene rings is 1. The molecule has 2 N–H and O–H groups in total. The van der Waals surface area contributed by atoms with Crippen molar-refractivity contribution in [1.82, 2.24) is 4.90 Å². The minimum atomic E-state index is -2.95. The van der Waals surface area contributed by atoms with Crippen LogP contribution in [0.5, 0.6) is 5.75 Å². The maximum atomic E-state index is 11.9. The van der Waals surface area contributed by atoms with Crippen molar-refractivity contribution in [1.29, 1.82) is 0 Å². The number of thiocarbonyl (C=S) groups is 1. The number of hydrogen-bond donors (Lipinski definition) is 2. The lowest BCUT2D eigenvalue weighted by Gasteiger charge is -2.31. The van der Waals surface area contributed by atoms with E-state index in [2.05, 4.69) is 19.4 Å². The summed E-state index contributed by atoms with van der Waals surface area (Å²) in [5.74, 6) is 1.24. The van der Waals surface area contributed by atoms with Gasteiger partial charge in [0.15, 0.2) is 14.9 Å². The Kier molecular flexibility index (Phi) is 7.04. The predicted molar refractivity (Wildman–Crippen MR) is 105 cm³/mol. The molecule has 0 spiro atoms. The molecule has 2 rings (SSSR count). The van der Waals surface area contributed by atoms with Crippen LogP contribution < -0.4 is 15.0 Å². The first-order valence-electron chi connectivity index (χ1n) is 8.60. The zero-order chi connectivity index (χ0) is 18.4. The zero-order valence-electron chi connectivity index (χ0n) is 15.1. The molecule has 0 aromatic heterocycles. The van der Waals surface area contributed by atoms with Gasteiger partial charge in [-0.1, -0.05) is 0 Å². The van der Waals surface area contributed by atoms with E-state index in [4.69, 9.17) is 17.0 Å². The van der Waals surface area contributed by atoms with E-state index in [1.54, 1.807) is 0 Å². The Morgan fingerprint density at radius 1 is 1.36 bits per heavy atom. The fourth-order valence-corrected chi connectivity index (χ4v) is 4.90. The summed E-state index contributed by atoms with van der Waals surface area (Å²) in [4.78, 5) is 3.33. The lowest BCUT2D eigenvalue weighted by molar-refractivity contribution is -0.857. The molecule has 25 heavy (non-hydrogen) atoms. The van der Waals surface area contributed by atoms with Gasteiger partial charge in [-0.25, -0.2) is 8.42 Å². The Balaban J connectivity index is 2.06. The number of hydrogen-bond acceptors (Lipinski definition) is 4. The van der Waals surface area contributed by atoms with Crippen molar-refractivity contribution in [2.45, 2.75) is 19.4 Å². The molecule has 6 nitrogen and oxygen atoms in total. The second-order valence-electron chi connectivity index (χ2n) is 6.59. The molecular formula is C17H28N3O3S2+. The topological polar surface area (TPSA) is 63.1 Å². The number of likely N-dealkylation sites (N-methyl/N-ethyl adjacent to an activating group) is 1. The molecule has 1 saturated heterocycles. The van der Waals surface area contributed by atoms with Crippen LogP contribution in [0.3, 0.4) is 0 Å². The van der Waals surface area contributed by atoms with E-state index in [0.29, 0.717) is 18.1 Å². The van der Waals surface area contributed by atoms with Crippen LogP contribution in [0.1, 0.15) is 13.3 Å². The van der Waals surface area contributed by atoms with Crippen LogP contribution in [-0.2, 0) is 9.84 Å². The van der Waals surface area contributed by atoms with E-state index in [1.807, 2.05) is 36.1 Å². The molecule has 0 radical (unpaired) electrons. The van der Waals surface area contributed by atoms with Crippen molar-refractivity contribution in [3.05, 3.63) is 24.3 Å². The molecule has 0 unspecified atom stereocenters. The summed E-state index contributed by atoms with van der Waals surface area (Å²) in [6.07, 6.45) is 0.635. The lowest BCUT2D eigenvalue weighted by Crippen LogP contribution is -3.06. The van der Waals surface area contributed by atoms with Gasteiger partial charge < -0.3 is 19.9 Å². The van der Waals surface area contributed by atoms with Crippen LogP contribution in [0.4, 0.5) is 5.69 Å². The van der Waals surface area contributed by atoms with Gasteiger partial charge >= 0.3 is 0 Å². The van der Waals surface area contributed by atoms with E-state index >= 15 is 0 Å². The lowest BCUT2D eigenvalue weighted by atomic mass is 10.2. The van der Waals surface area contributed by atoms with Crippen molar-refractivity contribution in [2.24, 2.45) is 0 Å². The summed E-state index contributed by atoms with van der Waals surface area (Å²) < 4.78 is 29.1. The number of sulfone groups is 1. The third kappa shape index (κ3) is 6.13. The van der Waals surface area contributed by atoms with Crippen molar-refractivity contribution < 1.29 is 18.1 Å². The molecule has 1 fully saturated rings. The Morgan fingerprint density at radius 3 is 2.56 bits per heavy atom. The van der Waals surface area contributed by atoms with Crippen LogP contribution in [0.2, 0.25) is 0 Å². The second-order valence-corrected chi connectivity index (χ2v) is 9.21. The monoisotopic (exact) mass is 386 g/mol. The summed E-state index contributed by atoms with van der Waals surface area (Å²) >= 11 is 5.58. The number of anilines is 1. The molecule has 1 heterocycles. The summed E-state index contributed by atoms with van der Waals surface area (Å²) in [7, 11) is 1.20. The third-order valence-corrected chi connectivity index (χ3v) is 6.27. The van der Waals surface area contributed by atoms with Gasteiger partial charge in [0.05, 0.1) is 45.3 Å². The largest absolute Gasteiger partial charge is 0.494 e. The smallest absolute Gasteiger partial charge is 0.173 e. The molecule has 1 aromatic rings.